The molecule has 182 valence electrons. The quantitative estimate of drug-likeness (QED) is 0.463. The molecule has 6 nitrogen and oxygen atoms in total. The molecular formula is C29H30O6. The molecule has 5 atom stereocenters. The number of aliphatic hydroxyl groups is 1. The number of hydrogen-bond donors (Lipinski definition) is 2. The molecule has 3 aromatic carbocycles. The van der Waals surface area contributed by atoms with Crippen molar-refractivity contribution in [2.45, 2.75) is 44.7 Å². The van der Waals surface area contributed by atoms with Gasteiger partial charge in [-0.3, -0.25) is 0 Å². The van der Waals surface area contributed by atoms with E-state index in [1.165, 1.54) is 0 Å². The monoisotopic (exact) mass is 474 g/mol. The summed E-state index contributed by atoms with van der Waals surface area (Å²) in [6, 6.07) is 19.1. The second-order valence-electron chi connectivity index (χ2n) is 10.0. The predicted molar refractivity (Wildman–Crippen MR) is 130 cm³/mol. The second kappa shape index (κ2) is 8.55. The topological polar surface area (TPSA) is 80.7 Å². The molecule has 35 heavy (non-hydrogen) atoms. The summed E-state index contributed by atoms with van der Waals surface area (Å²) in [6.45, 7) is 5.72. The van der Waals surface area contributed by atoms with Gasteiger partial charge < -0.3 is 29.2 Å². The van der Waals surface area contributed by atoms with Crippen LogP contribution in [0.1, 0.15) is 42.5 Å². The van der Waals surface area contributed by atoms with E-state index in [-0.39, 0.29) is 18.3 Å². The van der Waals surface area contributed by atoms with E-state index in [4.69, 9.17) is 18.9 Å². The first-order valence-corrected chi connectivity index (χ1v) is 12.3. The van der Waals surface area contributed by atoms with Gasteiger partial charge in [0, 0.05) is 23.3 Å². The van der Waals surface area contributed by atoms with E-state index in [0.29, 0.717) is 35.9 Å². The molecule has 0 aliphatic carbocycles. The van der Waals surface area contributed by atoms with Gasteiger partial charge in [-0.15, -0.1) is 0 Å². The minimum atomic E-state index is -0.819. The van der Waals surface area contributed by atoms with Crippen LogP contribution in [-0.2, 0) is 21.7 Å². The molecule has 6 rings (SSSR count). The Bertz CT molecular complexity index is 1250. The van der Waals surface area contributed by atoms with Crippen molar-refractivity contribution in [3.05, 3.63) is 82.9 Å². The number of aromatic hydroxyl groups is 1. The van der Waals surface area contributed by atoms with E-state index in [0.717, 1.165) is 35.3 Å². The Morgan fingerprint density at radius 1 is 1.00 bits per heavy atom. The molecule has 0 amide bonds. The standard InChI is InChI=1S/C29H30O6/c1-17(11-18(2)28-16-33-28)25(31)15-32-21-8-10-24-27(13-21)35-26-12-20(30)7-9-23(26)29(24)22-6-4-3-5-19(22)14-34-29/h3-10,12-13,17-18,25,28,30-31H,11,14-16H2,1-2H3. The summed E-state index contributed by atoms with van der Waals surface area (Å²) in [5, 5.41) is 20.8. The summed E-state index contributed by atoms with van der Waals surface area (Å²) in [5.41, 5.74) is 3.13. The molecule has 3 aliphatic rings. The van der Waals surface area contributed by atoms with Gasteiger partial charge in [0.05, 0.1) is 25.4 Å². The average molecular weight is 475 g/mol. The van der Waals surface area contributed by atoms with E-state index in [1.54, 1.807) is 12.1 Å². The van der Waals surface area contributed by atoms with Crippen molar-refractivity contribution in [1.29, 1.82) is 0 Å². The normalized spacial score (nSPS) is 24.0. The van der Waals surface area contributed by atoms with Gasteiger partial charge in [0.1, 0.15) is 29.6 Å². The summed E-state index contributed by atoms with van der Waals surface area (Å²) in [7, 11) is 0. The fourth-order valence-electron chi connectivity index (χ4n) is 5.44. The number of ether oxygens (including phenoxy) is 4. The molecule has 0 radical (unpaired) electrons. The van der Waals surface area contributed by atoms with Crippen LogP contribution in [0.2, 0.25) is 0 Å². The summed E-state index contributed by atoms with van der Waals surface area (Å²) in [6.07, 6.45) is 0.644. The number of rotatable bonds is 7. The highest BCUT2D eigenvalue weighted by atomic mass is 16.6. The Labute approximate surface area is 205 Å². The Morgan fingerprint density at radius 3 is 2.54 bits per heavy atom. The van der Waals surface area contributed by atoms with Gasteiger partial charge in [-0.25, -0.2) is 0 Å². The molecule has 2 N–H and O–H groups in total. The van der Waals surface area contributed by atoms with E-state index in [2.05, 4.69) is 19.1 Å². The van der Waals surface area contributed by atoms with Crippen LogP contribution in [0.5, 0.6) is 23.0 Å². The zero-order valence-corrected chi connectivity index (χ0v) is 19.9. The van der Waals surface area contributed by atoms with Crippen molar-refractivity contribution in [3.8, 4) is 23.0 Å². The van der Waals surface area contributed by atoms with Gasteiger partial charge in [0.15, 0.2) is 5.60 Å². The zero-order chi connectivity index (χ0) is 24.2. The van der Waals surface area contributed by atoms with Crippen LogP contribution < -0.4 is 9.47 Å². The van der Waals surface area contributed by atoms with E-state index in [1.807, 2.05) is 43.3 Å². The van der Waals surface area contributed by atoms with Crippen LogP contribution in [-0.4, -0.2) is 35.6 Å². The second-order valence-corrected chi connectivity index (χ2v) is 10.0. The molecule has 6 heteroatoms. The van der Waals surface area contributed by atoms with Crippen LogP contribution in [0.3, 0.4) is 0 Å². The summed E-state index contributed by atoms with van der Waals surface area (Å²) in [4.78, 5) is 0. The lowest BCUT2D eigenvalue weighted by Crippen LogP contribution is -2.32. The molecule has 3 heterocycles. The number of aliphatic hydroxyl groups excluding tert-OH is 1. The molecular weight excluding hydrogens is 444 g/mol. The van der Waals surface area contributed by atoms with Gasteiger partial charge in [-0.2, -0.15) is 0 Å². The minimum absolute atomic E-state index is 0.101. The third kappa shape index (κ3) is 3.86. The predicted octanol–water partition coefficient (Wildman–Crippen LogP) is 5.12. The van der Waals surface area contributed by atoms with Crippen LogP contribution in [0.25, 0.3) is 0 Å². The first-order chi connectivity index (χ1) is 17.0. The lowest BCUT2D eigenvalue weighted by Gasteiger charge is -2.37. The van der Waals surface area contributed by atoms with Crippen LogP contribution in [0.15, 0.2) is 60.7 Å². The maximum absolute atomic E-state index is 10.7. The molecule has 3 aliphatic heterocycles. The first kappa shape index (κ1) is 22.4. The number of epoxide rings is 1. The molecule has 0 saturated carbocycles. The van der Waals surface area contributed by atoms with Gasteiger partial charge in [-0.1, -0.05) is 38.1 Å². The SMILES string of the molecule is CC(CC(C)C1CO1)C(O)COc1ccc2c(c1)Oc1cc(O)ccc1C21OCc2ccccc21. The van der Waals surface area contributed by atoms with Gasteiger partial charge in [-0.05, 0) is 53.6 Å². The van der Waals surface area contributed by atoms with E-state index >= 15 is 0 Å². The highest BCUT2D eigenvalue weighted by molar-refractivity contribution is 5.65. The van der Waals surface area contributed by atoms with Gasteiger partial charge in [0.2, 0.25) is 0 Å². The van der Waals surface area contributed by atoms with Gasteiger partial charge in [0.25, 0.3) is 0 Å². The number of benzene rings is 3. The Morgan fingerprint density at radius 2 is 1.74 bits per heavy atom. The summed E-state index contributed by atoms with van der Waals surface area (Å²) in [5.74, 6) is 2.43. The number of fused-ring (bicyclic) bond motifs is 6. The molecule has 3 aromatic rings. The third-order valence-electron chi connectivity index (χ3n) is 7.55. The van der Waals surface area contributed by atoms with Crippen LogP contribution >= 0.6 is 0 Å². The highest BCUT2D eigenvalue weighted by Gasteiger charge is 2.49. The largest absolute Gasteiger partial charge is 0.508 e. The van der Waals surface area contributed by atoms with Crippen molar-refractivity contribution >= 4 is 0 Å². The Hall–Kier alpha value is -3.06. The average Bonchev–Trinajstić information content (AvgIpc) is 3.65. The lowest BCUT2D eigenvalue weighted by atomic mass is 9.77. The molecule has 1 fully saturated rings. The number of hydrogen-bond acceptors (Lipinski definition) is 6. The van der Waals surface area contributed by atoms with Crippen molar-refractivity contribution in [2.75, 3.05) is 13.2 Å². The third-order valence-corrected chi connectivity index (χ3v) is 7.55. The maximum atomic E-state index is 10.7. The number of phenols is 1. The lowest BCUT2D eigenvalue weighted by molar-refractivity contribution is 0.0197. The summed E-state index contributed by atoms with van der Waals surface area (Å²) >= 11 is 0. The van der Waals surface area contributed by atoms with Crippen LogP contribution in [0, 0.1) is 11.8 Å². The van der Waals surface area contributed by atoms with Crippen LogP contribution in [0.4, 0.5) is 0 Å². The Balaban J connectivity index is 1.28. The van der Waals surface area contributed by atoms with Crippen molar-refractivity contribution in [3.63, 3.8) is 0 Å². The zero-order valence-electron chi connectivity index (χ0n) is 19.9. The highest BCUT2D eigenvalue weighted by Crippen LogP contribution is 2.57. The first-order valence-electron chi connectivity index (χ1n) is 12.3. The molecule has 1 saturated heterocycles. The molecule has 0 bridgehead atoms. The van der Waals surface area contributed by atoms with Gasteiger partial charge >= 0.3 is 0 Å². The smallest absolute Gasteiger partial charge is 0.151 e. The van der Waals surface area contributed by atoms with E-state index < -0.39 is 11.7 Å². The Kier molecular flexibility index (Phi) is 5.48. The minimum Gasteiger partial charge on any atom is -0.508 e. The summed E-state index contributed by atoms with van der Waals surface area (Å²) < 4.78 is 24.1. The molecule has 1 spiro atoms. The fraction of sp³-hybridized carbons (Fsp3) is 0.379. The van der Waals surface area contributed by atoms with E-state index in [9.17, 15) is 10.2 Å². The molecule has 5 unspecified atom stereocenters. The van der Waals surface area contributed by atoms with Crippen molar-refractivity contribution in [2.24, 2.45) is 11.8 Å². The van der Waals surface area contributed by atoms with Crippen molar-refractivity contribution in [1.82, 2.24) is 0 Å². The number of phenolic OH excluding ortho intramolecular Hbond substituents is 1. The van der Waals surface area contributed by atoms with Crippen molar-refractivity contribution < 1.29 is 29.2 Å². The fourth-order valence-corrected chi connectivity index (χ4v) is 5.44. The maximum Gasteiger partial charge on any atom is 0.151 e. The molecule has 0 aromatic heterocycles.